The normalized spacial score (nSPS) is 20.4. The second-order valence-electron chi connectivity index (χ2n) is 5.05. The van der Waals surface area contributed by atoms with Gasteiger partial charge in [-0.25, -0.2) is 12.8 Å². The van der Waals surface area contributed by atoms with E-state index in [9.17, 15) is 17.6 Å². The van der Waals surface area contributed by atoms with Gasteiger partial charge in [-0.2, -0.15) is 0 Å². The number of nitrogen functional groups attached to an aromatic ring is 1. The van der Waals surface area contributed by atoms with Crippen molar-refractivity contribution in [2.24, 2.45) is 0 Å². The maximum atomic E-state index is 13.3. The molecule has 21 heavy (non-hydrogen) atoms. The Hall–Kier alpha value is -1.67. The maximum absolute atomic E-state index is 13.3. The van der Waals surface area contributed by atoms with Crippen molar-refractivity contribution < 1.29 is 22.7 Å². The lowest BCUT2D eigenvalue weighted by molar-refractivity contribution is 0.0655. The standard InChI is InChI=1S/C13H17FN2O4S/c14-10-5-9(6-11(15)7-10)13(18)16(2-3-17)12-1-4-21(19,20)8-12/h5-7,12,17H,1-4,8,15H2. The first-order valence-electron chi connectivity index (χ1n) is 6.51. The number of aliphatic hydroxyl groups is 1. The second-order valence-corrected chi connectivity index (χ2v) is 7.28. The van der Waals surface area contributed by atoms with Crippen LogP contribution in [0.15, 0.2) is 18.2 Å². The summed E-state index contributed by atoms with van der Waals surface area (Å²) in [4.78, 5) is 13.7. The summed E-state index contributed by atoms with van der Waals surface area (Å²) in [5.41, 5.74) is 5.67. The highest BCUT2D eigenvalue weighted by Gasteiger charge is 2.34. The zero-order valence-electron chi connectivity index (χ0n) is 11.3. The average Bonchev–Trinajstić information content (AvgIpc) is 2.74. The summed E-state index contributed by atoms with van der Waals surface area (Å²) < 4.78 is 36.4. The number of nitrogens with two attached hydrogens (primary N) is 1. The van der Waals surface area contributed by atoms with Gasteiger partial charge in [0.1, 0.15) is 5.82 Å². The van der Waals surface area contributed by atoms with Crippen LogP contribution in [0.4, 0.5) is 10.1 Å². The molecule has 1 atom stereocenters. The van der Waals surface area contributed by atoms with E-state index >= 15 is 0 Å². The fraction of sp³-hybridized carbons (Fsp3) is 0.462. The maximum Gasteiger partial charge on any atom is 0.254 e. The lowest BCUT2D eigenvalue weighted by Gasteiger charge is -2.27. The number of rotatable bonds is 4. The smallest absolute Gasteiger partial charge is 0.254 e. The molecule has 1 unspecified atom stereocenters. The number of aliphatic hydroxyl groups excluding tert-OH is 1. The van der Waals surface area contributed by atoms with Crippen molar-refractivity contribution in [2.75, 3.05) is 30.4 Å². The van der Waals surface area contributed by atoms with E-state index in [1.54, 1.807) is 0 Å². The third-order valence-corrected chi connectivity index (χ3v) is 5.17. The largest absolute Gasteiger partial charge is 0.399 e. The molecule has 1 amide bonds. The summed E-state index contributed by atoms with van der Waals surface area (Å²) in [6.45, 7) is -0.303. The van der Waals surface area contributed by atoms with Crippen LogP contribution < -0.4 is 5.73 Å². The Bertz CT molecular complexity index is 627. The van der Waals surface area contributed by atoms with Gasteiger partial charge in [-0.15, -0.1) is 0 Å². The number of anilines is 1. The van der Waals surface area contributed by atoms with Crippen LogP contribution in [0.1, 0.15) is 16.8 Å². The lowest BCUT2D eigenvalue weighted by Crippen LogP contribution is -2.42. The Balaban J connectivity index is 2.27. The van der Waals surface area contributed by atoms with Crippen LogP contribution in [-0.4, -0.2) is 55.0 Å². The van der Waals surface area contributed by atoms with E-state index in [-0.39, 0.29) is 35.9 Å². The molecule has 0 aromatic heterocycles. The van der Waals surface area contributed by atoms with Crippen LogP contribution in [-0.2, 0) is 9.84 Å². The van der Waals surface area contributed by atoms with E-state index in [1.807, 2.05) is 0 Å². The second kappa shape index (κ2) is 5.98. The minimum Gasteiger partial charge on any atom is -0.399 e. The first-order valence-corrected chi connectivity index (χ1v) is 8.33. The van der Waals surface area contributed by atoms with E-state index in [4.69, 9.17) is 10.8 Å². The van der Waals surface area contributed by atoms with Gasteiger partial charge >= 0.3 is 0 Å². The van der Waals surface area contributed by atoms with Crippen molar-refractivity contribution in [3.63, 3.8) is 0 Å². The summed E-state index contributed by atoms with van der Waals surface area (Å²) >= 11 is 0. The Labute approximate surface area is 122 Å². The number of nitrogens with zero attached hydrogens (tertiary/aromatic N) is 1. The summed E-state index contributed by atoms with van der Waals surface area (Å²) in [7, 11) is -3.17. The molecule has 0 radical (unpaired) electrons. The van der Waals surface area contributed by atoms with Crippen LogP contribution in [0.25, 0.3) is 0 Å². The zero-order valence-corrected chi connectivity index (χ0v) is 12.1. The minimum absolute atomic E-state index is 0.00453. The molecule has 1 aliphatic heterocycles. The molecule has 0 spiro atoms. The molecule has 116 valence electrons. The van der Waals surface area contributed by atoms with Crippen molar-refractivity contribution in [3.8, 4) is 0 Å². The average molecular weight is 316 g/mol. The first kappa shape index (κ1) is 15.7. The Morgan fingerprint density at radius 2 is 2.14 bits per heavy atom. The van der Waals surface area contributed by atoms with E-state index in [0.29, 0.717) is 6.42 Å². The van der Waals surface area contributed by atoms with E-state index in [2.05, 4.69) is 0 Å². The molecule has 1 aromatic carbocycles. The summed E-state index contributed by atoms with van der Waals surface area (Å²) in [6, 6.07) is 2.97. The van der Waals surface area contributed by atoms with Crippen LogP contribution in [0.3, 0.4) is 0 Å². The summed E-state index contributed by atoms with van der Waals surface area (Å²) in [5.74, 6) is -1.29. The highest BCUT2D eigenvalue weighted by atomic mass is 32.2. The topological polar surface area (TPSA) is 101 Å². The quantitative estimate of drug-likeness (QED) is 0.763. The van der Waals surface area contributed by atoms with Gasteiger partial charge in [-0.1, -0.05) is 0 Å². The van der Waals surface area contributed by atoms with Crippen LogP contribution in [0, 0.1) is 5.82 Å². The number of amides is 1. The van der Waals surface area contributed by atoms with Crippen molar-refractivity contribution in [1.29, 1.82) is 0 Å². The third-order valence-electron chi connectivity index (χ3n) is 3.42. The third kappa shape index (κ3) is 3.70. The van der Waals surface area contributed by atoms with Gasteiger partial charge in [-0.05, 0) is 24.6 Å². The molecule has 0 saturated carbocycles. The molecule has 0 aliphatic carbocycles. The Kier molecular flexibility index (Phi) is 4.48. The first-order chi connectivity index (χ1) is 9.82. The predicted molar refractivity (Wildman–Crippen MR) is 76.0 cm³/mol. The van der Waals surface area contributed by atoms with Gasteiger partial charge in [0.25, 0.3) is 5.91 Å². The molecule has 2 rings (SSSR count). The van der Waals surface area contributed by atoms with Crippen molar-refractivity contribution >= 4 is 21.4 Å². The molecule has 1 fully saturated rings. The van der Waals surface area contributed by atoms with E-state index in [1.165, 1.54) is 11.0 Å². The number of hydrogen-bond donors (Lipinski definition) is 2. The van der Waals surface area contributed by atoms with Crippen molar-refractivity contribution in [2.45, 2.75) is 12.5 Å². The molecule has 0 bridgehead atoms. The summed E-state index contributed by atoms with van der Waals surface area (Å²) in [6.07, 6.45) is 0.318. The molecule has 8 heteroatoms. The Morgan fingerprint density at radius 1 is 1.43 bits per heavy atom. The number of halogens is 1. The fourth-order valence-corrected chi connectivity index (χ4v) is 4.21. The van der Waals surface area contributed by atoms with Gasteiger partial charge in [-0.3, -0.25) is 4.79 Å². The van der Waals surface area contributed by atoms with Gasteiger partial charge in [0.15, 0.2) is 9.84 Å². The Morgan fingerprint density at radius 3 is 2.67 bits per heavy atom. The van der Waals surface area contributed by atoms with E-state index in [0.717, 1.165) is 12.1 Å². The molecule has 3 N–H and O–H groups in total. The molecule has 1 aliphatic rings. The minimum atomic E-state index is -3.17. The number of carbonyl (C=O) groups excluding carboxylic acids is 1. The molecular formula is C13H17FN2O4S. The number of hydrogen-bond acceptors (Lipinski definition) is 5. The fourth-order valence-electron chi connectivity index (χ4n) is 2.48. The van der Waals surface area contributed by atoms with Crippen LogP contribution in [0.2, 0.25) is 0 Å². The molecule has 6 nitrogen and oxygen atoms in total. The summed E-state index contributed by atoms with van der Waals surface area (Å²) in [5, 5.41) is 9.09. The lowest BCUT2D eigenvalue weighted by atomic mass is 10.1. The van der Waals surface area contributed by atoms with E-state index < -0.39 is 27.6 Å². The monoisotopic (exact) mass is 316 g/mol. The predicted octanol–water partition coefficient (Wildman–Crippen LogP) is 0.0295. The van der Waals surface area contributed by atoms with Gasteiger partial charge in [0.2, 0.25) is 0 Å². The van der Waals surface area contributed by atoms with Gasteiger partial charge < -0.3 is 15.7 Å². The van der Waals surface area contributed by atoms with Gasteiger partial charge in [0, 0.05) is 23.8 Å². The number of benzene rings is 1. The SMILES string of the molecule is Nc1cc(F)cc(C(=O)N(CCO)C2CCS(=O)(=O)C2)c1. The number of carbonyl (C=O) groups is 1. The highest BCUT2D eigenvalue weighted by Crippen LogP contribution is 2.21. The van der Waals surface area contributed by atoms with Gasteiger partial charge in [0.05, 0.1) is 18.1 Å². The van der Waals surface area contributed by atoms with Crippen molar-refractivity contribution in [1.82, 2.24) is 4.90 Å². The van der Waals surface area contributed by atoms with Crippen LogP contribution in [0.5, 0.6) is 0 Å². The van der Waals surface area contributed by atoms with Crippen LogP contribution >= 0.6 is 0 Å². The highest BCUT2D eigenvalue weighted by molar-refractivity contribution is 7.91. The molecular weight excluding hydrogens is 299 g/mol. The number of sulfone groups is 1. The van der Waals surface area contributed by atoms with Crippen molar-refractivity contribution in [3.05, 3.63) is 29.6 Å². The molecule has 1 saturated heterocycles. The molecule has 1 aromatic rings. The zero-order chi connectivity index (χ0) is 15.6. The molecule has 1 heterocycles.